The van der Waals surface area contributed by atoms with E-state index >= 15 is 0 Å². The van der Waals surface area contributed by atoms with Crippen molar-refractivity contribution >= 4 is 25.0 Å². The minimum atomic E-state index is -1.67. The number of rotatable bonds is 13. The average molecular weight is 457 g/mol. The topological polar surface area (TPSA) is 137 Å². The summed E-state index contributed by atoms with van der Waals surface area (Å²) in [5, 5.41) is 24.4. The summed E-state index contributed by atoms with van der Waals surface area (Å²) in [6, 6.07) is -0.696. The van der Waals surface area contributed by atoms with Crippen molar-refractivity contribution in [3.05, 3.63) is 0 Å². The molecule has 0 aromatic heterocycles. The van der Waals surface area contributed by atoms with E-state index in [1.807, 2.05) is 0 Å². The number of ether oxygens (including phenoxy) is 2. The van der Waals surface area contributed by atoms with Gasteiger partial charge in [-0.05, 0) is 46.5 Å². The normalized spacial score (nSPS) is 17.1. The highest BCUT2D eigenvalue weighted by Gasteiger charge is 2.36. The van der Waals surface area contributed by atoms with E-state index in [0.29, 0.717) is 25.8 Å². The number of hydrogen-bond donors (Lipinski definition) is 4. The predicted molar refractivity (Wildman–Crippen MR) is 121 cm³/mol. The largest absolute Gasteiger partial charge is 0.475 e. The molecule has 1 saturated heterocycles. The molecule has 0 bridgehead atoms. The highest BCUT2D eigenvalue weighted by Crippen LogP contribution is 2.18. The maximum atomic E-state index is 12.8. The van der Waals surface area contributed by atoms with Crippen LogP contribution in [0.2, 0.25) is 0 Å². The van der Waals surface area contributed by atoms with E-state index in [0.717, 1.165) is 38.7 Å². The zero-order valence-corrected chi connectivity index (χ0v) is 19.9. The summed E-state index contributed by atoms with van der Waals surface area (Å²) in [5.41, 5.74) is -0.673. The lowest BCUT2D eigenvalue weighted by Crippen LogP contribution is -2.54. The molecule has 3 amide bonds. The maximum Gasteiger partial charge on any atom is 0.475 e. The highest BCUT2D eigenvalue weighted by molar-refractivity contribution is 6.43. The molecule has 0 saturated carbocycles. The molecule has 1 aliphatic heterocycles. The van der Waals surface area contributed by atoms with Crippen molar-refractivity contribution in [1.82, 2.24) is 15.5 Å². The van der Waals surface area contributed by atoms with E-state index < -0.39 is 36.7 Å². The van der Waals surface area contributed by atoms with Crippen LogP contribution in [0.4, 0.5) is 4.79 Å². The van der Waals surface area contributed by atoms with Gasteiger partial charge in [0.2, 0.25) is 11.8 Å². The van der Waals surface area contributed by atoms with Gasteiger partial charge in [-0.25, -0.2) is 4.79 Å². The van der Waals surface area contributed by atoms with E-state index in [2.05, 4.69) is 10.6 Å². The van der Waals surface area contributed by atoms with Gasteiger partial charge >= 0.3 is 13.2 Å². The Bertz CT molecular complexity index is 598. The fourth-order valence-electron chi connectivity index (χ4n) is 3.62. The van der Waals surface area contributed by atoms with Crippen molar-refractivity contribution in [3.8, 4) is 0 Å². The van der Waals surface area contributed by atoms with Gasteiger partial charge in [-0.1, -0.05) is 25.7 Å². The zero-order chi connectivity index (χ0) is 24.1. The van der Waals surface area contributed by atoms with Crippen LogP contribution in [0.15, 0.2) is 0 Å². The molecular weight excluding hydrogens is 417 g/mol. The third-order valence-electron chi connectivity index (χ3n) is 5.21. The molecule has 1 aliphatic rings. The first-order valence-corrected chi connectivity index (χ1v) is 11.5. The van der Waals surface area contributed by atoms with Gasteiger partial charge in [0, 0.05) is 20.3 Å². The third-order valence-corrected chi connectivity index (χ3v) is 5.21. The quantitative estimate of drug-likeness (QED) is 0.239. The third kappa shape index (κ3) is 11.1. The van der Waals surface area contributed by atoms with Crippen LogP contribution < -0.4 is 10.6 Å². The smallest absolute Gasteiger partial charge is 0.444 e. The number of nitrogens with zero attached hydrogens (tertiary/aromatic N) is 1. The van der Waals surface area contributed by atoms with Crippen LogP contribution in [0.1, 0.15) is 72.1 Å². The van der Waals surface area contributed by atoms with Gasteiger partial charge in [0.25, 0.3) is 0 Å². The molecule has 10 nitrogen and oxygen atoms in total. The summed E-state index contributed by atoms with van der Waals surface area (Å²) >= 11 is 0. The molecule has 2 unspecified atom stereocenters. The first-order chi connectivity index (χ1) is 15.0. The molecule has 1 fully saturated rings. The Morgan fingerprint density at radius 2 is 1.78 bits per heavy atom. The molecule has 184 valence electrons. The lowest BCUT2D eigenvalue weighted by Gasteiger charge is -2.27. The number of carbonyl (C=O) groups is 3. The summed E-state index contributed by atoms with van der Waals surface area (Å²) in [4.78, 5) is 38.5. The van der Waals surface area contributed by atoms with E-state index in [1.165, 1.54) is 4.90 Å². The van der Waals surface area contributed by atoms with Crippen LogP contribution in [0.25, 0.3) is 0 Å². The molecule has 1 heterocycles. The van der Waals surface area contributed by atoms with E-state index in [1.54, 1.807) is 27.9 Å². The number of alkyl carbamates (subject to hydrolysis) is 1. The van der Waals surface area contributed by atoms with Gasteiger partial charge in [0.1, 0.15) is 18.2 Å². The maximum absolute atomic E-state index is 12.8. The molecule has 0 aliphatic carbocycles. The molecule has 4 N–H and O–H groups in total. The second kappa shape index (κ2) is 14.3. The molecule has 0 radical (unpaired) electrons. The first kappa shape index (κ1) is 28.2. The lowest BCUT2D eigenvalue weighted by molar-refractivity contribution is -0.137. The molecular formula is C21H40BN3O7. The van der Waals surface area contributed by atoms with Gasteiger partial charge in [-0.3, -0.25) is 9.59 Å². The minimum absolute atomic E-state index is 0.270. The Balaban J connectivity index is 2.48. The summed E-state index contributed by atoms with van der Waals surface area (Å²) < 4.78 is 10.1. The standard InChI is InChI=1S/C21H40BN3O7/c1-21(2,3)32-20(28)23-15-18(26)25-13-10-11-16(25)19(27)24-17(22(29)30)12-8-6-5-7-9-14-31-4/h16-17,29-30H,5-15H2,1-4H3,(H,23,28)(H,24,27). The molecule has 32 heavy (non-hydrogen) atoms. The second-order valence-corrected chi connectivity index (χ2v) is 9.18. The average Bonchev–Trinajstić information content (AvgIpc) is 3.19. The van der Waals surface area contributed by atoms with Crippen LogP contribution in [0, 0.1) is 0 Å². The van der Waals surface area contributed by atoms with Gasteiger partial charge in [-0.2, -0.15) is 0 Å². The van der Waals surface area contributed by atoms with E-state index in [9.17, 15) is 24.4 Å². The van der Waals surface area contributed by atoms with Gasteiger partial charge in [0.15, 0.2) is 0 Å². The van der Waals surface area contributed by atoms with Gasteiger partial charge in [0.05, 0.1) is 5.94 Å². The van der Waals surface area contributed by atoms with Crippen molar-refractivity contribution in [1.29, 1.82) is 0 Å². The van der Waals surface area contributed by atoms with Crippen LogP contribution in [-0.4, -0.2) is 84.4 Å². The fourth-order valence-corrected chi connectivity index (χ4v) is 3.62. The molecule has 2 atom stereocenters. The minimum Gasteiger partial charge on any atom is -0.444 e. The Hall–Kier alpha value is -1.85. The van der Waals surface area contributed by atoms with Crippen molar-refractivity contribution in [2.75, 3.05) is 26.8 Å². The van der Waals surface area contributed by atoms with Crippen LogP contribution >= 0.6 is 0 Å². The second-order valence-electron chi connectivity index (χ2n) is 9.18. The van der Waals surface area contributed by atoms with Crippen LogP contribution in [0.3, 0.4) is 0 Å². The zero-order valence-electron chi connectivity index (χ0n) is 19.9. The molecule has 0 aromatic rings. The van der Waals surface area contributed by atoms with Gasteiger partial charge < -0.3 is 35.1 Å². The highest BCUT2D eigenvalue weighted by atomic mass is 16.6. The summed E-state index contributed by atoms with van der Waals surface area (Å²) in [7, 11) is -0.00112. The Kier molecular flexibility index (Phi) is 12.6. The lowest BCUT2D eigenvalue weighted by atomic mass is 9.76. The summed E-state index contributed by atoms with van der Waals surface area (Å²) in [6.45, 7) is 6.04. The van der Waals surface area contributed by atoms with E-state index in [4.69, 9.17) is 9.47 Å². The first-order valence-electron chi connectivity index (χ1n) is 11.5. The van der Waals surface area contributed by atoms with Gasteiger partial charge in [-0.15, -0.1) is 0 Å². The molecule has 1 rings (SSSR count). The van der Waals surface area contributed by atoms with Crippen molar-refractivity contribution in [2.24, 2.45) is 0 Å². The predicted octanol–water partition coefficient (Wildman–Crippen LogP) is 0.986. The monoisotopic (exact) mass is 457 g/mol. The number of amides is 3. The van der Waals surface area contributed by atoms with Crippen LogP contribution in [0.5, 0.6) is 0 Å². The number of methoxy groups -OCH3 is 1. The number of likely N-dealkylation sites (tertiary alicyclic amines) is 1. The molecule has 11 heteroatoms. The summed E-state index contributed by atoms with van der Waals surface area (Å²) in [6.07, 6.45) is 5.61. The van der Waals surface area contributed by atoms with Crippen molar-refractivity contribution < 1.29 is 33.9 Å². The van der Waals surface area contributed by atoms with Crippen LogP contribution in [-0.2, 0) is 19.1 Å². The van der Waals surface area contributed by atoms with Crippen molar-refractivity contribution in [3.63, 3.8) is 0 Å². The van der Waals surface area contributed by atoms with Crippen molar-refractivity contribution in [2.45, 2.75) is 89.7 Å². The number of nitrogens with one attached hydrogen (secondary N) is 2. The SMILES string of the molecule is COCCCCCCCC(NC(=O)C1CCCN1C(=O)CNC(=O)OC(C)(C)C)B(O)O. The molecule has 0 aromatic carbocycles. The Labute approximate surface area is 191 Å². The Morgan fingerprint density at radius 1 is 1.12 bits per heavy atom. The number of hydrogen-bond acceptors (Lipinski definition) is 7. The fraction of sp³-hybridized carbons (Fsp3) is 0.857. The number of carbonyl (C=O) groups excluding carboxylic acids is 3. The Morgan fingerprint density at radius 3 is 2.41 bits per heavy atom. The summed E-state index contributed by atoms with van der Waals surface area (Å²) in [5.74, 6) is -1.59. The number of unbranched alkanes of at least 4 members (excludes halogenated alkanes) is 4. The van der Waals surface area contributed by atoms with E-state index in [-0.39, 0.29) is 12.5 Å². The molecule has 0 spiro atoms.